The molecule has 0 amide bonds. The molecular weight excluding hydrogens is 226 g/mol. The van der Waals surface area contributed by atoms with Gasteiger partial charge in [0, 0.05) is 6.54 Å². The van der Waals surface area contributed by atoms with Crippen LogP contribution in [0.5, 0.6) is 5.75 Å². The molecule has 86 valence electrons. The van der Waals surface area contributed by atoms with Crippen molar-refractivity contribution in [3.8, 4) is 5.75 Å². The summed E-state index contributed by atoms with van der Waals surface area (Å²) in [7, 11) is 0. The summed E-state index contributed by atoms with van der Waals surface area (Å²) >= 11 is 0. The third kappa shape index (κ3) is 4.40. The Balaban J connectivity index is 0.00000196. The van der Waals surface area contributed by atoms with Gasteiger partial charge in [0.25, 0.3) is 6.43 Å². The highest BCUT2D eigenvalue weighted by Crippen LogP contribution is 2.17. The molecule has 1 aromatic heterocycles. The summed E-state index contributed by atoms with van der Waals surface area (Å²) in [5.41, 5.74) is 6.85. The Kier molecular flexibility index (Phi) is 6.12. The minimum absolute atomic E-state index is 0. The number of pyridine rings is 1. The number of nitrogens with two attached hydrogens (primary N) is 1. The number of alkyl halides is 2. The van der Waals surface area contributed by atoms with E-state index in [0.29, 0.717) is 18.0 Å². The minimum atomic E-state index is -2.47. The topological polar surface area (TPSA) is 48.1 Å². The molecule has 1 heterocycles. The normalized spacial score (nSPS) is 9.93. The fraction of sp³-hybridized carbons (Fsp3) is 0.444. The molecule has 0 atom stereocenters. The molecule has 0 aliphatic carbocycles. The van der Waals surface area contributed by atoms with E-state index in [0.717, 1.165) is 5.56 Å². The van der Waals surface area contributed by atoms with Gasteiger partial charge >= 0.3 is 0 Å². The molecule has 2 N–H and O–H groups in total. The van der Waals surface area contributed by atoms with Crippen molar-refractivity contribution in [2.45, 2.75) is 19.9 Å². The van der Waals surface area contributed by atoms with E-state index in [1.54, 1.807) is 13.0 Å². The number of nitrogens with zero attached hydrogens (tertiary/aromatic N) is 1. The number of hydrogen-bond donors (Lipinski definition) is 1. The van der Waals surface area contributed by atoms with Gasteiger partial charge in [-0.1, -0.05) is 0 Å². The SMILES string of the molecule is Cc1cc(CN)ncc1OCC(F)F.Cl. The van der Waals surface area contributed by atoms with E-state index in [1.807, 2.05) is 0 Å². The molecule has 0 spiro atoms. The molecule has 0 fully saturated rings. The van der Waals surface area contributed by atoms with Crippen molar-refractivity contribution in [1.82, 2.24) is 4.98 Å². The molecule has 0 radical (unpaired) electrons. The lowest BCUT2D eigenvalue weighted by molar-refractivity contribution is 0.0814. The predicted molar refractivity (Wildman–Crippen MR) is 55.6 cm³/mol. The number of halogens is 3. The summed E-state index contributed by atoms with van der Waals surface area (Å²) in [5, 5.41) is 0. The van der Waals surface area contributed by atoms with Gasteiger partial charge in [0.1, 0.15) is 12.4 Å². The maximum atomic E-state index is 11.8. The van der Waals surface area contributed by atoms with E-state index in [1.165, 1.54) is 6.20 Å². The molecular formula is C9H13ClF2N2O. The molecule has 0 aliphatic heterocycles. The highest BCUT2D eigenvalue weighted by molar-refractivity contribution is 5.85. The van der Waals surface area contributed by atoms with Crippen LogP contribution in [0.3, 0.4) is 0 Å². The molecule has 1 rings (SSSR count). The quantitative estimate of drug-likeness (QED) is 0.872. The second kappa shape index (κ2) is 6.53. The molecule has 3 nitrogen and oxygen atoms in total. The summed E-state index contributed by atoms with van der Waals surface area (Å²) < 4.78 is 28.5. The van der Waals surface area contributed by atoms with Crippen molar-refractivity contribution < 1.29 is 13.5 Å². The third-order valence-corrected chi connectivity index (χ3v) is 1.69. The zero-order valence-electron chi connectivity index (χ0n) is 8.24. The van der Waals surface area contributed by atoms with Crippen LogP contribution < -0.4 is 10.5 Å². The van der Waals surface area contributed by atoms with E-state index in [-0.39, 0.29) is 12.4 Å². The standard InChI is InChI=1S/C9H12F2N2O.ClH/c1-6-2-7(3-12)13-4-8(6)14-5-9(10)11;/h2,4,9H,3,5,12H2,1H3;1H. The Morgan fingerprint density at radius 2 is 2.20 bits per heavy atom. The predicted octanol–water partition coefficient (Wildman–Crippen LogP) is 1.91. The largest absolute Gasteiger partial charge is 0.486 e. The van der Waals surface area contributed by atoms with Gasteiger partial charge in [-0.2, -0.15) is 0 Å². The van der Waals surface area contributed by atoms with Crippen LogP contribution in [0, 0.1) is 6.92 Å². The maximum absolute atomic E-state index is 11.8. The van der Waals surface area contributed by atoms with Gasteiger partial charge in [0.05, 0.1) is 11.9 Å². The Morgan fingerprint density at radius 3 is 2.67 bits per heavy atom. The molecule has 1 aromatic rings. The van der Waals surface area contributed by atoms with Gasteiger partial charge in [-0.05, 0) is 18.6 Å². The van der Waals surface area contributed by atoms with Gasteiger partial charge in [-0.15, -0.1) is 12.4 Å². The first kappa shape index (κ1) is 14.1. The van der Waals surface area contributed by atoms with E-state index in [4.69, 9.17) is 10.5 Å². The smallest absolute Gasteiger partial charge is 0.272 e. The van der Waals surface area contributed by atoms with Crippen molar-refractivity contribution in [3.63, 3.8) is 0 Å². The van der Waals surface area contributed by atoms with Crippen LogP contribution in [-0.4, -0.2) is 18.0 Å². The van der Waals surface area contributed by atoms with Gasteiger partial charge in [0.15, 0.2) is 0 Å². The average Bonchev–Trinajstić information content (AvgIpc) is 2.15. The van der Waals surface area contributed by atoms with Gasteiger partial charge < -0.3 is 10.5 Å². The van der Waals surface area contributed by atoms with Crippen molar-refractivity contribution in [3.05, 3.63) is 23.5 Å². The van der Waals surface area contributed by atoms with Crippen molar-refractivity contribution >= 4 is 12.4 Å². The molecule has 0 unspecified atom stereocenters. The molecule has 0 saturated heterocycles. The molecule has 0 aliphatic rings. The maximum Gasteiger partial charge on any atom is 0.272 e. The van der Waals surface area contributed by atoms with E-state index >= 15 is 0 Å². The van der Waals surface area contributed by atoms with Crippen LogP contribution in [0.1, 0.15) is 11.3 Å². The van der Waals surface area contributed by atoms with Gasteiger partial charge in [-0.3, -0.25) is 4.98 Å². The van der Waals surface area contributed by atoms with Crippen LogP contribution in [0.2, 0.25) is 0 Å². The fourth-order valence-corrected chi connectivity index (χ4v) is 1.02. The van der Waals surface area contributed by atoms with E-state index in [2.05, 4.69) is 4.98 Å². The zero-order chi connectivity index (χ0) is 10.6. The monoisotopic (exact) mass is 238 g/mol. The zero-order valence-corrected chi connectivity index (χ0v) is 9.06. The van der Waals surface area contributed by atoms with Crippen LogP contribution in [0.4, 0.5) is 8.78 Å². The summed E-state index contributed by atoms with van der Waals surface area (Å²) in [5.74, 6) is 0.377. The summed E-state index contributed by atoms with van der Waals surface area (Å²) in [6.07, 6.45) is -1.05. The van der Waals surface area contributed by atoms with Crippen molar-refractivity contribution in [1.29, 1.82) is 0 Å². The van der Waals surface area contributed by atoms with Crippen LogP contribution in [0.25, 0.3) is 0 Å². The Bertz CT molecular complexity index is 310. The van der Waals surface area contributed by atoms with Gasteiger partial charge in [-0.25, -0.2) is 8.78 Å². The fourth-order valence-electron chi connectivity index (χ4n) is 1.02. The average molecular weight is 239 g/mol. The number of aryl methyl sites for hydroxylation is 1. The third-order valence-electron chi connectivity index (χ3n) is 1.69. The van der Waals surface area contributed by atoms with E-state index in [9.17, 15) is 8.78 Å². The number of aromatic nitrogens is 1. The molecule has 15 heavy (non-hydrogen) atoms. The lowest BCUT2D eigenvalue weighted by atomic mass is 10.2. The summed E-state index contributed by atoms with van der Waals surface area (Å²) in [4.78, 5) is 3.94. The van der Waals surface area contributed by atoms with Crippen molar-refractivity contribution in [2.24, 2.45) is 5.73 Å². The van der Waals surface area contributed by atoms with Gasteiger partial charge in [0.2, 0.25) is 0 Å². The first-order chi connectivity index (χ1) is 6.63. The summed E-state index contributed by atoms with van der Waals surface area (Å²) in [6.45, 7) is 1.49. The molecule has 0 saturated carbocycles. The van der Waals surface area contributed by atoms with Crippen LogP contribution in [-0.2, 0) is 6.54 Å². The van der Waals surface area contributed by atoms with Crippen molar-refractivity contribution in [2.75, 3.05) is 6.61 Å². The number of rotatable bonds is 4. The first-order valence-electron chi connectivity index (χ1n) is 4.20. The highest BCUT2D eigenvalue weighted by Gasteiger charge is 2.06. The Hall–Kier alpha value is -0.940. The van der Waals surface area contributed by atoms with Crippen LogP contribution in [0.15, 0.2) is 12.3 Å². The lowest BCUT2D eigenvalue weighted by Gasteiger charge is -2.08. The highest BCUT2D eigenvalue weighted by atomic mass is 35.5. The minimum Gasteiger partial charge on any atom is -0.486 e. The Labute approximate surface area is 93.0 Å². The second-order valence-electron chi connectivity index (χ2n) is 2.85. The Morgan fingerprint density at radius 1 is 1.53 bits per heavy atom. The molecule has 0 bridgehead atoms. The van der Waals surface area contributed by atoms with E-state index < -0.39 is 13.0 Å². The second-order valence-corrected chi connectivity index (χ2v) is 2.85. The first-order valence-corrected chi connectivity index (χ1v) is 4.20. The number of hydrogen-bond acceptors (Lipinski definition) is 3. The lowest BCUT2D eigenvalue weighted by Crippen LogP contribution is -2.09. The van der Waals surface area contributed by atoms with Crippen LogP contribution >= 0.6 is 12.4 Å². The summed E-state index contributed by atoms with van der Waals surface area (Å²) in [6, 6.07) is 1.72. The molecule has 6 heteroatoms. The number of ether oxygens (including phenoxy) is 1. The molecule has 0 aromatic carbocycles.